The Morgan fingerprint density at radius 1 is 1.20 bits per heavy atom. The zero-order chi connectivity index (χ0) is 11.8. The quantitative estimate of drug-likeness (QED) is 0.466. The number of esters is 1. The van der Waals surface area contributed by atoms with Crippen LogP contribution in [0.3, 0.4) is 0 Å². The molecular formula is C11H24N2O2. The number of rotatable bonds is 7. The van der Waals surface area contributed by atoms with Crippen LogP contribution >= 0.6 is 0 Å². The highest BCUT2D eigenvalue weighted by molar-refractivity contribution is 5.75. The van der Waals surface area contributed by atoms with Crippen molar-refractivity contribution in [3.63, 3.8) is 0 Å². The van der Waals surface area contributed by atoms with E-state index >= 15 is 0 Å². The van der Waals surface area contributed by atoms with E-state index in [2.05, 4.69) is 19.0 Å². The maximum Gasteiger partial charge on any atom is 0.323 e. The van der Waals surface area contributed by atoms with Gasteiger partial charge in [0, 0.05) is 0 Å². The lowest BCUT2D eigenvalue weighted by molar-refractivity contribution is -0.146. The lowest BCUT2D eigenvalue weighted by atomic mass is 10.1. The fourth-order valence-electron chi connectivity index (χ4n) is 1.49. The number of hydrogen-bond donors (Lipinski definition) is 0. The van der Waals surface area contributed by atoms with Crippen molar-refractivity contribution < 1.29 is 9.53 Å². The van der Waals surface area contributed by atoms with Gasteiger partial charge in [0.05, 0.1) is 7.11 Å². The molecule has 0 N–H and O–H groups in total. The molecule has 1 atom stereocenters. The first-order valence-electron chi connectivity index (χ1n) is 5.38. The molecule has 0 aromatic carbocycles. The minimum atomic E-state index is -0.134. The molecular weight excluding hydrogens is 192 g/mol. The fraction of sp³-hybridized carbons (Fsp3) is 0.909. The Morgan fingerprint density at radius 2 is 1.80 bits per heavy atom. The molecule has 0 aliphatic carbocycles. The number of carbonyl (C=O) groups is 1. The standard InChI is InChI=1S/C11H24N2O2/c1-12(2)9-7-6-8-10(13(3)4)11(14)15-5/h10H,6-9H2,1-5H3. The molecule has 0 bridgehead atoms. The summed E-state index contributed by atoms with van der Waals surface area (Å²) in [6, 6.07) is -0.0998. The summed E-state index contributed by atoms with van der Waals surface area (Å²) in [7, 11) is 9.38. The van der Waals surface area contributed by atoms with E-state index in [1.54, 1.807) is 0 Å². The lowest BCUT2D eigenvalue weighted by Crippen LogP contribution is -2.36. The van der Waals surface area contributed by atoms with Crippen LogP contribution in [0.1, 0.15) is 19.3 Å². The van der Waals surface area contributed by atoms with Crippen LogP contribution in [0.2, 0.25) is 0 Å². The molecule has 0 amide bonds. The summed E-state index contributed by atoms with van der Waals surface area (Å²) in [6.07, 6.45) is 3.04. The summed E-state index contributed by atoms with van der Waals surface area (Å²) in [5.41, 5.74) is 0. The van der Waals surface area contributed by atoms with Crippen LogP contribution in [0.25, 0.3) is 0 Å². The summed E-state index contributed by atoms with van der Waals surface area (Å²) in [5, 5.41) is 0. The van der Waals surface area contributed by atoms with Crippen LogP contribution in [-0.2, 0) is 9.53 Å². The Balaban J connectivity index is 3.82. The highest BCUT2D eigenvalue weighted by atomic mass is 16.5. The van der Waals surface area contributed by atoms with Crippen LogP contribution in [0.5, 0.6) is 0 Å². The lowest BCUT2D eigenvalue weighted by Gasteiger charge is -2.21. The smallest absolute Gasteiger partial charge is 0.323 e. The van der Waals surface area contributed by atoms with Crippen molar-refractivity contribution in [2.45, 2.75) is 25.3 Å². The molecule has 0 fully saturated rings. The van der Waals surface area contributed by atoms with E-state index in [1.165, 1.54) is 7.11 Å². The number of ether oxygens (including phenoxy) is 1. The molecule has 0 saturated carbocycles. The van der Waals surface area contributed by atoms with Crippen molar-refractivity contribution in [1.29, 1.82) is 0 Å². The first kappa shape index (κ1) is 14.4. The Kier molecular flexibility index (Phi) is 7.34. The summed E-state index contributed by atoms with van der Waals surface area (Å²) in [6.45, 7) is 1.07. The topological polar surface area (TPSA) is 32.8 Å². The Morgan fingerprint density at radius 3 is 2.20 bits per heavy atom. The van der Waals surface area contributed by atoms with Crippen molar-refractivity contribution in [1.82, 2.24) is 9.80 Å². The first-order valence-corrected chi connectivity index (χ1v) is 5.38. The fourth-order valence-corrected chi connectivity index (χ4v) is 1.49. The number of carbonyl (C=O) groups excluding carboxylic acids is 1. The van der Waals surface area contributed by atoms with Gasteiger partial charge in [-0.3, -0.25) is 9.69 Å². The van der Waals surface area contributed by atoms with Crippen molar-refractivity contribution in [2.24, 2.45) is 0 Å². The maximum absolute atomic E-state index is 11.4. The van der Waals surface area contributed by atoms with Gasteiger partial charge in [0.25, 0.3) is 0 Å². The van der Waals surface area contributed by atoms with Gasteiger partial charge in [-0.15, -0.1) is 0 Å². The van der Waals surface area contributed by atoms with Crippen molar-refractivity contribution in [2.75, 3.05) is 41.8 Å². The summed E-state index contributed by atoms with van der Waals surface area (Å²) >= 11 is 0. The number of nitrogens with zero attached hydrogens (tertiary/aromatic N) is 2. The number of unbranched alkanes of at least 4 members (excludes halogenated alkanes) is 1. The molecule has 15 heavy (non-hydrogen) atoms. The molecule has 0 aromatic heterocycles. The molecule has 0 aliphatic heterocycles. The molecule has 0 rings (SSSR count). The van der Waals surface area contributed by atoms with Gasteiger partial charge < -0.3 is 9.64 Å². The summed E-state index contributed by atoms with van der Waals surface area (Å²) in [5.74, 6) is -0.134. The van der Waals surface area contributed by atoms with Gasteiger partial charge in [-0.2, -0.15) is 0 Å². The van der Waals surface area contributed by atoms with E-state index in [9.17, 15) is 4.79 Å². The molecule has 0 saturated heterocycles. The highest BCUT2D eigenvalue weighted by Gasteiger charge is 2.20. The van der Waals surface area contributed by atoms with Crippen molar-refractivity contribution in [3.05, 3.63) is 0 Å². The van der Waals surface area contributed by atoms with Crippen molar-refractivity contribution in [3.8, 4) is 0 Å². The molecule has 0 radical (unpaired) electrons. The van der Waals surface area contributed by atoms with Gasteiger partial charge in [-0.05, 0) is 47.6 Å². The zero-order valence-corrected chi connectivity index (χ0v) is 10.6. The van der Waals surface area contributed by atoms with E-state index in [4.69, 9.17) is 4.74 Å². The number of hydrogen-bond acceptors (Lipinski definition) is 4. The van der Waals surface area contributed by atoms with Crippen LogP contribution in [0.15, 0.2) is 0 Å². The molecule has 1 unspecified atom stereocenters. The van der Waals surface area contributed by atoms with Gasteiger partial charge in [0.2, 0.25) is 0 Å². The number of methoxy groups -OCH3 is 1. The second kappa shape index (κ2) is 7.65. The Hall–Kier alpha value is -0.610. The van der Waals surface area contributed by atoms with Gasteiger partial charge in [0.1, 0.15) is 6.04 Å². The summed E-state index contributed by atoms with van der Waals surface area (Å²) < 4.78 is 4.76. The molecule has 4 nitrogen and oxygen atoms in total. The average Bonchev–Trinajstić information content (AvgIpc) is 2.15. The minimum absolute atomic E-state index is 0.0998. The minimum Gasteiger partial charge on any atom is -0.468 e. The van der Waals surface area contributed by atoms with Crippen LogP contribution in [0.4, 0.5) is 0 Å². The molecule has 90 valence electrons. The van der Waals surface area contributed by atoms with E-state index in [1.807, 2.05) is 19.0 Å². The monoisotopic (exact) mass is 216 g/mol. The van der Waals surface area contributed by atoms with Gasteiger partial charge in [0.15, 0.2) is 0 Å². The molecule has 0 heterocycles. The van der Waals surface area contributed by atoms with Crippen molar-refractivity contribution >= 4 is 5.97 Å². The first-order chi connectivity index (χ1) is 6.99. The van der Waals surface area contributed by atoms with E-state index < -0.39 is 0 Å². The zero-order valence-electron chi connectivity index (χ0n) is 10.6. The van der Waals surface area contributed by atoms with E-state index in [0.29, 0.717) is 0 Å². The third-order valence-corrected chi connectivity index (χ3v) is 2.43. The predicted octanol–water partition coefficient (Wildman–Crippen LogP) is 0.821. The van der Waals surface area contributed by atoms with Crippen LogP contribution in [0, 0.1) is 0 Å². The normalized spacial score (nSPS) is 13.3. The third kappa shape index (κ3) is 6.47. The second-order valence-electron chi connectivity index (χ2n) is 4.30. The SMILES string of the molecule is COC(=O)C(CCCCN(C)C)N(C)C. The van der Waals surface area contributed by atoms with E-state index in [-0.39, 0.29) is 12.0 Å². The highest BCUT2D eigenvalue weighted by Crippen LogP contribution is 2.07. The Labute approximate surface area is 93.2 Å². The molecule has 0 aromatic rings. The largest absolute Gasteiger partial charge is 0.468 e. The maximum atomic E-state index is 11.4. The molecule has 0 aliphatic rings. The predicted molar refractivity (Wildman–Crippen MR) is 61.9 cm³/mol. The van der Waals surface area contributed by atoms with Crippen LogP contribution in [-0.4, -0.2) is 63.7 Å². The van der Waals surface area contributed by atoms with E-state index in [0.717, 1.165) is 25.8 Å². The third-order valence-electron chi connectivity index (χ3n) is 2.43. The average molecular weight is 216 g/mol. The number of likely N-dealkylation sites (N-methyl/N-ethyl adjacent to an activating group) is 1. The Bertz CT molecular complexity index is 181. The van der Waals surface area contributed by atoms with Gasteiger partial charge >= 0.3 is 5.97 Å². The molecule has 4 heteroatoms. The van der Waals surface area contributed by atoms with Crippen LogP contribution < -0.4 is 0 Å². The second-order valence-corrected chi connectivity index (χ2v) is 4.30. The van der Waals surface area contributed by atoms with Gasteiger partial charge in [-0.25, -0.2) is 0 Å². The van der Waals surface area contributed by atoms with Gasteiger partial charge in [-0.1, -0.05) is 6.42 Å². The summed E-state index contributed by atoms with van der Waals surface area (Å²) in [4.78, 5) is 15.5. The molecule has 0 spiro atoms.